The molecule has 6 heteroatoms. The number of nitrogens with zero attached hydrogens (tertiary/aromatic N) is 2. The molecule has 1 heterocycles. The van der Waals surface area contributed by atoms with Crippen molar-refractivity contribution in [2.24, 2.45) is 0 Å². The quantitative estimate of drug-likeness (QED) is 0.481. The molecule has 0 atom stereocenters. The Morgan fingerprint density at radius 1 is 1.69 bits per heavy atom. The lowest BCUT2D eigenvalue weighted by Crippen LogP contribution is -2.05. The maximum atomic E-state index is 10.9. The summed E-state index contributed by atoms with van der Waals surface area (Å²) < 4.78 is 4.99. The predicted molar refractivity (Wildman–Crippen MR) is 61.4 cm³/mol. The molecule has 0 saturated heterocycles. The number of aromatic carboxylic acids is 1. The molecule has 1 aromatic heterocycles. The first-order valence-corrected chi connectivity index (χ1v) is 5.84. The molecule has 5 nitrogen and oxygen atoms in total. The summed E-state index contributed by atoms with van der Waals surface area (Å²) in [7, 11) is 0. The second-order valence-corrected chi connectivity index (χ2v) is 3.50. The first kappa shape index (κ1) is 12.5. The molecule has 0 spiro atoms. The first-order chi connectivity index (χ1) is 7.69. The van der Waals surface area contributed by atoms with Gasteiger partial charge in [-0.15, -0.1) is 0 Å². The molecule has 0 aliphatic rings. The van der Waals surface area contributed by atoms with Crippen molar-refractivity contribution < 1.29 is 14.6 Å². The van der Waals surface area contributed by atoms with Gasteiger partial charge in [-0.05, 0) is 19.3 Å². The van der Waals surface area contributed by atoms with Crippen LogP contribution in [0.3, 0.4) is 0 Å². The smallest absolute Gasteiger partial charge is 0.355 e. The van der Waals surface area contributed by atoms with Crippen molar-refractivity contribution in [1.29, 1.82) is 0 Å². The lowest BCUT2D eigenvalue weighted by atomic mass is 10.2. The summed E-state index contributed by atoms with van der Waals surface area (Å²) in [5, 5.41) is 9.40. The third kappa shape index (κ3) is 3.23. The number of carboxylic acids is 1. The SMILES string of the molecule is CCO/C=C/c1cnc(SC)nc1C(=O)O. The van der Waals surface area contributed by atoms with E-state index in [1.54, 1.807) is 6.26 Å². The van der Waals surface area contributed by atoms with Crippen molar-refractivity contribution in [3.63, 3.8) is 0 Å². The Balaban J connectivity index is 3.03. The number of thioether (sulfide) groups is 1. The van der Waals surface area contributed by atoms with Crippen molar-refractivity contribution in [2.45, 2.75) is 12.1 Å². The van der Waals surface area contributed by atoms with Gasteiger partial charge in [-0.3, -0.25) is 0 Å². The standard InChI is InChI=1S/C10H12N2O3S/c1-3-15-5-4-7-6-11-10(16-2)12-8(7)9(13)14/h4-6H,3H2,1-2H3,(H,13,14)/b5-4+. The van der Waals surface area contributed by atoms with Gasteiger partial charge in [0, 0.05) is 11.8 Å². The molecule has 16 heavy (non-hydrogen) atoms. The molecule has 0 bridgehead atoms. The van der Waals surface area contributed by atoms with Crippen LogP contribution in [0.25, 0.3) is 6.08 Å². The van der Waals surface area contributed by atoms with Gasteiger partial charge in [0.15, 0.2) is 10.9 Å². The summed E-state index contributed by atoms with van der Waals surface area (Å²) in [5.74, 6) is -1.08. The van der Waals surface area contributed by atoms with Crippen molar-refractivity contribution in [3.05, 3.63) is 23.7 Å². The Kier molecular flexibility index (Phi) is 4.78. The van der Waals surface area contributed by atoms with Crippen LogP contribution in [0.5, 0.6) is 0 Å². The minimum atomic E-state index is -1.08. The monoisotopic (exact) mass is 240 g/mol. The molecule has 0 aliphatic heterocycles. The summed E-state index contributed by atoms with van der Waals surface area (Å²) in [6.45, 7) is 2.37. The van der Waals surface area contributed by atoms with Crippen LogP contribution in [0, 0.1) is 0 Å². The van der Waals surface area contributed by atoms with E-state index >= 15 is 0 Å². The lowest BCUT2D eigenvalue weighted by Gasteiger charge is -2.01. The second-order valence-electron chi connectivity index (χ2n) is 2.72. The first-order valence-electron chi connectivity index (χ1n) is 4.61. The Labute approximate surface area is 97.6 Å². The molecule has 1 N–H and O–H groups in total. The molecule has 0 saturated carbocycles. The molecule has 86 valence electrons. The van der Waals surface area contributed by atoms with E-state index in [1.165, 1.54) is 30.3 Å². The number of ether oxygens (including phenoxy) is 1. The van der Waals surface area contributed by atoms with Crippen molar-refractivity contribution >= 4 is 23.8 Å². The van der Waals surface area contributed by atoms with E-state index < -0.39 is 5.97 Å². The van der Waals surface area contributed by atoms with E-state index in [0.29, 0.717) is 17.3 Å². The minimum absolute atomic E-state index is 0.0182. The van der Waals surface area contributed by atoms with Gasteiger partial charge in [0.25, 0.3) is 0 Å². The van der Waals surface area contributed by atoms with Gasteiger partial charge in [0.2, 0.25) is 0 Å². The number of carbonyl (C=O) groups is 1. The van der Waals surface area contributed by atoms with E-state index in [1.807, 2.05) is 6.92 Å². The lowest BCUT2D eigenvalue weighted by molar-refractivity contribution is 0.0689. The largest absolute Gasteiger partial charge is 0.501 e. The van der Waals surface area contributed by atoms with Crippen molar-refractivity contribution in [2.75, 3.05) is 12.9 Å². The van der Waals surface area contributed by atoms with E-state index in [9.17, 15) is 4.79 Å². The van der Waals surface area contributed by atoms with Gasteiger partial charge in [0.05, 0.1) is 12.9 Å². The highest BCUT2D eigenvalue weighted by molar-refractivity contribution is 7.98. The molecule has 1 aromatic rings. The number of hydrogen-bond acceptors (Lipinski definition) is 5. The Morgan fingerprint density at radius 2 is 2.44 bits per heavy atom. The van der Waals surface area contributed by atoms with Crippen LogP contribution < -0.4 is 0 Å². The molecule has 0 aliphatic carbocycles. The molecule has 0 radical (unpaired) electrons. The Bertz CT molecular complexity index is 407. The summed E-state index contributed by atoms with van der Waals surface area (Å²) in [6.07, 6.45) is 6.23. The van der Waals surface area contributed by atoms with Crippen LogP contribution in [-0.2, 0) is 4.74 Å². The van der Waals surface area contributed by atoms with E-state index in [2.05, 4.69) is 9.97 Å². The van der Waals surface area contributed by atoms with Crippen LogP contribution in [0.15, 0.2) is 17.6 Å². The summed E-state index contributed by atoms with van der Waals surface area (Å²) in [4.78, 5) is 18.9. The Morgan fingerprint density at radius 3 is 3.00 bits per heavy atom. The zero-order chi connectivity index (χ0) is 12.0. The van der Waals surface area contributed by atoms with E-state index in [-0.39, 0.29) is 5.69 Å². The van der Waals surface area contributed by atoms with E-state index in [0.717, 1.165) is 0 Å². The second kappa shape index (κ2) is 6.12. The van der Waals surface area contributed by atoms with Crippen LogP contribution in [-0.4, -0.2) is 33.9 Å². The molecular weight excluding hydrogens is 228 g/mol. The molecule has 0 fully saturated rings. The molecule has 0 amide bonds. The van der Waals surface area contributed by atoms with Crippen LogP contribution in [0.2, 0.25) is 0 Å². The normalized spacial score (nSPS) is 10.6. The maximum Gasteiger partial charge on any atom is 0.355 e. The Hall–Kier alpha value is -1.56. The number of rotatable bonds is 5. The highest BCUT2D eigenvalue weighted by Gasteiger charge is 2.11. The van der Waals surface area contributed by atoms with Gasteiger partial charge in [-0.1, -0.05) is 11.8 Å². The molecular formula is C10H12N2O3S. The highest BCUT2D eigenvalue weighted by atomic mass is 32.2. The molecule has 0 aromatic carbocycles. The van der Waals surface area contributed by atoms with Crippen molar-refractivity contribution in [1.82, 2.24) is 9.97 Å². The van der Waals surface area contributed by atoms with Gasteiger partial charge in [-0.2, -0.15) is 0 Å². The fourth-order valence-corrected chi connectivity index (χ4v) is 1.32. The molecule has 0 unspecified atom stereocenters. The maximum absolute atomic E-state index is 10.9. The van der Waals surface area contributed by atoms with E-state index in [4.69, 9.17) is 9.84 Å². The third-order valence-corrected chi connectivity index (χ3v) is 2.25. The van der Waals surface area contributed by atoms with Gasteiger partial charge >= 0.3 is 5.97 Å². The number of hydrogen-bond donors (Lipinski definition) is 1. The fourth-order valence-electron chi connectivity index (χ4n) is 0.984. The number of carboxylic acid groups (broad SMARTS) is 1. The topological polar surface area (TPSA) is 72.3 Å². The summed E-state index contributed by atoms with van der Waals surface area (Å²) >= 11 is 1.30. The van der Waals surface area contributed by atoms with Crippen molar-refractivity contribution in [3.8, 4) is 0 Å². The van der Waals surface area contributed by atoms with Gasteiger partial charge in [-0.25, -0.2) is 14.8 Å². The van der Waals surface area contributed by atoms with Crippen LogP contribution >= 0.6 is 11.8 Å². The van der Waals surface area contributed by atoms with Crippen LogP contribution in [0.4, 0.5) is 0 Å². The zero-order valence-electron chi connectivity index (χ0n) is 9.01. The predicted octanol–water partition coefficient (Wildman–Crippen LogP) is 1.90. The average Bonchev–Trinajstić information content (AvgIpc) is 2.29. The van der Waals surface area contributed by atoms with Gasteiger partial charge in [0.1, 0.15) is 0 Å². The van der Waals surface area contributed by atoms with Gasteiger partial charge < -0.3 is 9.84 Å². The third-order valence-electron chi connectivity index (χ3n) is 1.69. The molecule has 1 rings (SSSR count). The zero-order valence-corrected chi connectivity index (χ0v) is 9.82. The summed E-state index contributed by atoms with van der Waals surface area (Å²) in [5.41, 5.74) is 0.411. The number of aromatic nitrogens is 2. The van der Waals surface area contributed by atoms with Crippen LogP contribution in [0.1, 0.15) is 23.0 Å². The summed E-state index contributed by atoms with van der Waals surface area (Å²) in [6, 6.07) is 0. The fraction of sp³-hybridized carbons (Fsp3) is 0.300. The minimum Gasteiger partial charge on any atom is -0.501 e. The average molecular weight is 240 g/mol. The highest BCUT2D eigenvalue weighted by Crippen LogP contribution is 2.13.